The number of carbonyl (C=O) groups is 1. The number of aromatic amines is 1. The van der Waals surface area contributed by atoms with E-state index in [1.165, 1.54) is 38.8 Å². The Labute approximate surface area is 214 Å². The third-order valence-corrected chi connectivity index (χ3v) is 7.05. The minimum absolute atomic E-state index is 0. The Morgan fingerprint density at radius 2 is 1.68 bits per heavy atom. The number of amides is 1. The number of aromatic nitrogens is 2. The summed E-state index contributed by atoms with van der Waals surface area (Å²) in [5, 5.41) is 2.39. The lowest BCUT2D eigenvalue weighted by Crippen LogP contribution is -2.44. The van der Waals surface area contributed by atoms with E-state index < -0.39 is 46.7 Å². The molecule has 3 heterocycles. The van der Waals surface area contributed by atoms with E-state index in [0.29, 0.717) is 10.6 Å². The van der Waals surface area contributed by atoms with Gasteiger partial charge in [0.15, 0.2) is 0 Å². The Bertz CT molecular complexity index is 1420. The molecule has 2 saturated heterocycles. The van der Waals surface area contributed by atoms with Crippen molar-refractivity contribution in [2.75, 3.05) is 20.3 Å². The smallest absolute Gasteiger partial charge is 0.329 e. The predicted molar refractivity (Wildman–Crippen MR) is 136 cm³/mol. The monoisotopic (exact) mass is 522 g/mol. The summed E-state index contributed by atoms with van der Waals surface area (Å²) in [6.45, 7) is 4.72. The van der Waals surface area contributed by atoms with E-state index in [-0.39, 0.29) is 19.3 Å². The first-order valence-electron chi connectivity index (χ1n) is 12.1. The average Bonchev–Trinajstić information content (AvgIpc) is 3.03. The maximum atomic E-state index is 13.9. The van der Waals surface area contributed by atoms with Crippen molar-refractivity contribution in [3.8, 4) is 0 Å². The van der Waals surface area contributed by atoms with Crippen molar-refractivity contribution in [1.82, 2.24) is 19.8 Å². The van der Waals surface area contributed by atoms with Gasteiger partial charge in [-0.3, -0.25) is 14.5 Å². The number of morpholine rings is 1. The predicted octanol–water partition coefficient (Wildman–Crippen LogP) is 3.52. The molecule has 2 bridgehead atoms. The molecule has 0 aliphatic carbocycles. The summed E-state index contributed by atoms with van der Waals surface area (Å²) >= 11 is 0. The topological polar surface area (TPSA) is 96.4 Å². The van der Waals surface area contributed by atoms with Crippen LogP contribution in [0, 0.1) is 17.5 Å². The van der Waals surface area contributed by atoms with Crippen LogP contribution in [0.4, 0.5) is 13.2 Å². The number of fused-ring (bicyclic) bond motifs is 3. The van der Waals surface area contributed by atoms with Gasteiger partial charge in [0.2, 0.25) is 5.91 Å². The van der Waals surface area contributed by atoms with Crippen LogP contribution in [-0.2, 0) is 9.53 Å². The van der Waals surface area contributed by atoms with Crippen molar-refractivity contribution >= 4 is 16.8 Å². The van der Waals surface area contributed by atoms with Gasteiger partial charge in [0.05, 0.1) is 30.2 Å². The summed E-state index contributed by atoms with van der Waals surface area (Å²) < 4.78 is 46.4. The first-order valence-corrected chi connectivity index (χ1v) is 12.1. The number of nitrogens with zero attached hydrogens (tertiary/aromatic N) is 2. The molecule has 2 fully saturated rings. The maximum absolute atomic E-state index is 13.9. The van der Waals surface area contributed by atoms with E-state index in [1.54, 1.807) is 0 Å². The second-order valence-corrected chi connectivity index (χ2v) is 9.46. The standard InChI is InChI=1S/C19H16F3N3O3.C7H13NO.2H2/c1-9(13-5-3-12(21)8-15(13)22)23-17(26)10(2)25-18(27)14-7-11(20)4-6-16(14)24-19(25)28;1-8-6-2-3-7(8)5-9-4-6;;/h3-10H,1-2H3,(H,23,26)(H,24,28);6-7H,2-5H2,1H3;2*1H/t9-,10+;6-,7?;;/m11../s1. The van der Waals surface area contributed by atoms with E-state index in [4.69, 9.17) is 4.74 Å². The Balaban J connectivity index is 0.000000408. The van der Waals surface area contributed by atoms with Gasteiger partial charge in [-0.05, 0) is 58.0 Å². The Hall–Kier alpha value is -3.44. The molecule has 0 spiro atoms. The number of ether oxygens (including phenoxy) is 1. The average molecular weight is 523 g/mol. The number of hydrogen-bond donors (Lipinski definition) is 2. The molecule has 5 rings (SSSR count). The molecule has 1 amide bonds. The third-order valence-electron chi connectivity index (χ3n) is 7.05. The molecule has 1 aromatic heterocycles. The largest absolute Gasteiger partial charge is 0.378 e. The number of rotatable bonds is 4. The zero-order chi connectivity index (χ0) is 26.9. The van der Waals surface area contributed by atoms with Gasteiger partial charge in [0.25, 0.3) is 5.56 Å². The molecule has 2 aliphatic heterocycles. The van der Waals surface area contributed by atoms with Crippen molar-refractivity contribution in [2.24, 2.45) is 0 Å². The zero-order valence-electron chi connectivity index (χ0n) is 20.8. The van der Waals surface area contributed by atoms with Crippen LogP contribution < -0.4 is 16.6 Å². The second-order valence-electron chi connectivity index (χ2n) is 9.46. The molecule has 2 aromatic carbocycles. The first-order chi connectivity index (χ1) is 17.6. The summed E-state index contributed by atoms with van der Waals surface area (Å²) in [5.74, 6) is -2.99. The van der Waals surface area contributed by atoms with Gasteiger partial charge in [-0.15, -0.1) is 0 Å². The summed E-state index contributed by atoms with van der Waals surface area (Å²) in [5.41, 5.74) is -1.49. The van der Waals surface area contributed by atoms with E-state index in [0.717, 1.165) is 43.5 Å². The van der Waals surface area contributed by atoms with Gasteiger partial charge < -0.3 is 15.0 Å². The molecule has 202 valence electrons. The van der Waals surface area contributed by atoms with E-state index in [2.05, 4.69) is 22.2 Å². The summed E-state index contributed by atoms with van der Waals surface area (Å²) in [7, 11) is 2.21. The Kier molecular flexibility index (Phi) is 7.84. The summed E-state index contributed by atoms with van der Waals surface area (Å²) in [4.78, 5) is 42.3. The molecule has 37 heavy (non-hydrogen) atoms. The van der Waals surface area contributed by atoms with Crippen LogP contribution in [-0.4, -0.2) is 52.7 Å². The normalized spacial score (nSPS) is 20.7. The highest BCUT2D eigenvalue weighted by Gasteiger charge is 2.34. The van der Waals surface area contributed by atoms with E-state index >= 15 is 0 Å². The number of nitrogens with one attached hydrogen (secondary N) is 2. The minimum atomic E-state index is -1.25. The molecular formula is C26H33F3N4O4. The maximum Gasteiger partial charge on any atom is 0.329 e. The lowest BCUT2D eigenvalue weighted by molar-refractivity contribution is -0.124. The fourth-order valence-corrected chi connectivity index (χ4v) is 4.77. The van der Waals surface area contributed by atoms with Gasteiger partial charge in [-0.2, -0.15) is 0 Å². The quantitative estimate of drug-likeness (QED) is 0.547. The molecule has 4 atom stereocenters. The van der Waals surface area contributed by atoms with Crippen molar-refractivity contribution < 1.29 is 25.6 Å². The lowest BCUT2D eigenvalue weighted by atomic mass is 10.1. The van der Waals surface area contributed by atoms with Gasteiger partial charge in [-0.25, -0.2) is 22.5 Å². The van der Waals surface area contributed by atoms with Crippen LogP contribution in [0.3, 0.4) is 0 Å². The van der Waals surface area contributed by atoms with Gasteiger partial charge >= 0.3 is 5.69 Å². The van der Waals surface area contributed by atoms with Crippen LogP contribution in [0.1, 0.15) is 47.2 Å². The van der Waals surface area contributed by atoms with Crippen LogP contribution >= 0.6 is 0 Å². The molecule has 0 radical (unpaired) electrons. The minimum Gasteiger partial charge on any atom is -0.378 e. The molecular weight excluding hydrogens is 489 g/mol. The van der Waals surface area contributed by atoms with Crippen molar-refractivity contribution in [3.63, 3.8) is 0 Å². The van der Waals surface area contributed by atoms with Gasteiger partial charge in [-0.1, -0.05) is 6.07 Å². The number of halogens is 3. The van der Waals surface area contributed by atoms with Crippen molar-refractivity contribution in [1.29, 1.82) is 0 Å². The highest BCUT2D eigenvalue weighted by molar-refractivity contribution is 5.81. The van der Waals surface area contributed by atoms with Gasteiger partial charge in [0.1, 0.15) is 23.5 Å². The fourth-order valence-electron chi connectivity index (χ4n) is 4.77. The van der Waals surface area contributed by atoms with E-state index in [9.17, 15) is 27.6 Å². The van der Waals surface area contributed by atoms with Crippen LogP contribution in [0.2, 0.25) is 0 Å². The van der Waals surface area contributed by atoms with Gasteiger partial charge in [0, 0.05) is 26.6 Å². The molecule has 1 unspecified atom stereocenters. The first kappa shape index (κ1) is 26.6. The Morgan fingerprint density at radius 1 is 1.05 bits per heavy atom. The third kappa shape index (κ3) is 5.62. The number of benzene rings is 2. The summed E-state index contributed by atoms with van der Waals surface area (Å²) in [6.07, 6.45) is 2.70. The van der Waals surface area contributed by atoms with Crippen molar-refractivity contribution in [2.45, 2.75) is 50.9 Å². The van der Waals surface area contributed by atoms with E-state index in [1.807, 2.05) is 0 Å². The lowest BCUT2D eigenvalue weighted by Gasteiger charge is -2.30. The zero-order valence-corrected chi connectivity index (χ0v) is 20.8. The van der Waals surface area contributed by atoms with Crippen molar-refractivity contribution in [3.05, 3.63) is 80.3 Å². The SMILES string of the molecule is CN1C2CC[C@@H]1COC2.C[C@@H](NC(=O)[C@H](C)n1c(=O)[nH]c2ccc(F)cc2c1=O)c1ccc(F)cc1F.[HH].[HH]. The number of carbonyl (C=O) groups excluding carboxylic acids is 1. The second kappa shape index (κ2) is 10.9. The highest BCUT2D eigenvalue weighted by Crippen LogP contribution is 2.26. The number of H-pyrrole nitrogens is 1. The molecule has 11 heteroatoms. The fraction of sp³-hybridized carbons (Fsp3) is 0.423. The van der Waals surface area contributed by atoms with Crippen LogP contribution in [0.15, 0.2) is 46.0 Å². The number of hydrogen-bond acceptors (Lipinski definition) is 5. The Morgan fingerprint density at radius 3 is 2.30 bits per heavy atom. The molecule has 2 N–H and O–H groups in total. The molecule has 0 saturated carbocycles. The highest BCUT2D eigenvalue weighted by atomic mass is 19.1. The summed E-state index contributed by atoms with van der Waals surface area (Å²) in [6, 6.07) is 5.62. The van der Waals surface area contributed by atoms with Crippen LogP contribution in [0.25, 0.3) is 10.9 Å². The molecule has 8 nitrogen and oxygen atoms in total. The van der Waals surface area contributed by atoms with Crippen LogP contribution in [0.5, 0.6) is 0 Å². The molecule has 3 aromatic rings. The molecule has 2 aliphatic rings. The number of likely N-dealkylation sites (N-methyl/N-ethyl adjacent to an activating group) is 1.